The molecule has 20 heavy (non-hydrogen) atoms. The van der Waals surface area contributed by atoms with Crippen LogP contribution in [0.25, 0.3) is 0 Å². The Hall–Kier alpha value is -1.75. The molecule has 2 aliphatic heterocycles. The fourth-order valence-electron chi connectivity index (χ4n) is 2.59. The van der Waals surface area contributed by atoms with Gasteiger partial charge in [-0.2, -0.15) is 0 Å². The maximum absolute atomic E-state index is 11.7. The zero-order chi connectivity index (χ0) is 14.4. The smallest absolute Gasteiger partial charge is 0.412 e. The Morgan fingerprint density at radius 2 is 2.20 bits per heavy atom. The second-order valence-electron chi connectivity index (χ2n) is 6.39. The lowest BCUT2D eigenvalue weighted by molar-refractivity contribution is 0.0636. The van der Waals surface area contributed by atoms with E-state index in [9.17, 15) is 4.79 Å². The van der Waals surface area contributed by atoms with Crippen LogP contribution in [0.5, 0.6) is 5.75 Å². The Labute approximate surface area is 118 Å². The molecule has 1 saturated heterocycles. The third kappa shape index (κ3) is 2.33. The van der Waals surface area contributed by atoms with Gasteiger partial charge in [-0.1, -0.05) is 6.07 Å². The first-order chi connectivity index (χ1) is 9.38. The average Bonchev–Trinajstić information content (AvgIpc) is 2.64. The van der Waals surface area contributed by atoms with Crippen molar-refractivity contribution in [3.05, 3.63) is 23.8 Å². The van der Waals surface area contributed by atoms with Crippen molar-refractivity contribution in [2.24, 2.45) is 0 Å². The van der Waals surface area contributed by atoms with E-state index in [1.165, 1.54) is 5.56 Å². The lowest BCUT2D eigenvalue weighted by Gasteiger charge is -2.38. The summed E-state index contributed by atoms with van der Waals surface area (Å²) >= 11 is 0. The molecule has 1 spiro atoms. The van der Waals surface area contributed by atoms with Gasteiger partial charge in [0, 0.05) is 17.3 Å². The minimum Gasteiger partial charge on any atom is -0.491 e. The molecule has 0 bridgehead atoms. The van der Waals surface area contributed by atoms with Crippen molar-refractivity contribution in [2.75, 3.05) is 18.5 Å². The second-order valence-corrected chi connectivity index (χ2v) is 6.39. The van der Waals surface area contributed by atoms with Crippen LogP contribution in [0, 0.1) is 0 Å². The standard InChI is InChI=1S/C15H20N2O3/c1-14(2,3)20-13(18)17-10-4-5-11-12(8-10)19-9-15(11)6-7-16-15/h4-5,8,16H,6-7,9H2,1-3H3,(H,17,18)/t15-/m0/s1. The first kappa shape index (κ1) is 13.2. The number of nitrogens with one attached hydrogen (secondary N) is 2. The Morgan fingerprint density at radius 3 is 2.80 bits per heavy atom. The lowest BCUT2D eigenvalue weighted by atomic mass is 9.83. The fourth-order valence-corrected chi connectivity index (χ4v) is 2.59. The molecule has 1 fully saturated rings. The molecular weight excluding hydrogens is 256 g/mol. The third-order valence-corrected chi connectivity index (χ3v) is 3.63. The summed E-state index contributed by atoms with van der Waals surface area (Å²) in [5.74, 6) is 0.839. The summed E-state index contributed by atoms with van der Waals surface area (Å²) in [6.07, 6.45) is 0.644. The number of anilines is 1. The van der Waals surface area contributed by atoms with E-state index >= 15 is 0 Å². The van der Waals surface area contributed by atoms with Gasteiger partial charge in [0.2, 0.25) is 0 Å². The van der Waals surface area contributed by atoms with Crippen LogP contribution in [-0.2, 0) is 10.3 Å². The van der Waals surface area contributed by atoms with Gasteiger partial charge in [0.1, 0.15) is 18.0 Å². The van der Waals surface area contributed by atoms with E-state index in [1.807, 2.05) is 39.0 Å². The van der Waals surface area contributed by atoms with Gasteiger partial charge in [-0.05, 0) is 39.8 Å². The zero-order valence-electron chi connectivity index (χ0n) is 12.1. The SMILES string of the molecule is CC(C)(C)OC(=O)Nc1ccc2c(c1)OC[C@@]21CCN1. The number of benzene rings is 1. The minimum atomic E-state index is -0.503. The van der Waals surface area contributed by atoms with Crippen LogP contribution < -0.4 is 15.4 Å². The molecule has 2 N–H and O–H groups in total. The van der Waals surface area contributed by atoms with Crippen molar-refractivity contribution >= 4 is 11.8 Å². The predicted octanol–water partition coefficient (Wildman–Crippen LogP) is 2.61. The average molecular weight is 276 g/mol. The van der Waals surface area contributed by atoms with Gasteiger partial charge in [0.25, 0.3) is 0 Å². The molecule has 5 heteroatoms. The van der Waals surface area contributed by atoms with E-state index in [4.69, 9.17) is 9.47 Å². The topological polar surface area (TPSA) is 59.6 Å². The maximum Gasteiger partial charge on any atom is 0.412 e. The molecule has 0 aromatic heterocycles. The van der Waals surface area contributed by atoms with E-state index in [2.05, 4.69) is 10.6 Å². The number of hydrogen-bond donors (Lipinski definition) is 2. The molecule has 1 amide bonds. The lowest BCUT2D eigenvalue weighted by Crippen LogP contribution is -2.55. The van der Waals surface area contributed by atoms with E-state index < -0.39 is 11.7 Å². The van der Waals surface area contributed by atoms with E-state index in [0.29, 0.717) is 12.3 Å². The summed E-state index contributed by atoms with van der Waals surface area (Å²) in [6.45, 7) is 7.21. The Kier molecular flexibility index (Phi) is 2.90. The summed E-state index contributed by atoms with van der Waals surface area (Å²) in [5.41, 5.74) is 1.37. The number of fused-ring (bicyclic) bond motifs is 2. The molecule has 108 valence electrons. The first-order valence-corrected chi connectivity index (χ1v) is 6.90. The van der Waals surface area contributed by atoms with Gasteiger partial charge in [-0.25, -0.2) is 4.79 Å². The highest BCUT2D eigenvalue weighted by Crippen LogP contribution is 2.43. The number of ether oxygens (including phenoxy) is 2. The molecule has 5 nitrogen and oxygen atoms in total. The Bertz CT molecular complexity index is 545. The van der Waals surface area contributed by atoms with Gasteiger partial charge in [-0.3, -0.25) is 5.32 Å². The third-order valence-electron chi connectivity index (χ3n) is 3.63. The van der Waals surface area contributed by atoms with Gasteiger partial charge < -0.3 is 14.8 Å². The van der Waals surface area contributed by atoms with Crippen LogP contribution in [0.1, 0.15) is 32.8 Å². The highest BCUT2D eigenvalue weighted by molar-refractivity contribution is 5.85. The monoisotopic (exact) mass is 276 g/mol. The zero-order valence-corrected chi connectivity index (χ0v) is 12.1. The number of hydrogen-bond acceptors (Lipinski definition) is 4. The highest BCUT2D eigenvalue weighted by atomic mass is 16.6. The predicted molar refractivity (Wildman–Crippen MR) is 76.1 cm³/mol. The van der Waals surface area contributed by atoms with E-state index in [1.54, 1.807) is 0 Å². The number of carbonyl (C=O) groups excluding carboxylic acids is 1. The molecule has 0 unspecified atom stereocenters. The molecule has 1 atom stereocenters. The number of carbonyl (C=O) groups is 1. The van der Waals surface area contributed by atoms with Crippen LogP contribution in [-0.4, -0.2) is 24.8 Å². The van der Waals surface area contributed by atoms with E-state index in [0.717, 1.165) is 18.7 Å². The van der Waals surface area contributed by atoms with Crippen molar-refractivity contribution < 1.29 is 14.3 Å². The number of amides is 1. The number of rotatable bonds is 1. The van der Waals surface area contributed by atoms with Crippen molar-refractivity contribution in [1.82, 2.24) is 5.32 Å². The molecule has 0 radical (unpaired) electrons. The van der Waals surface area contributed by atoms with E-state index in [-0.39, 0.29) is 5.54 Å². The first-order valence-electron chi connectivity index (χ1n) is 6.90. The normalized spacial score (nSPS) is 23.8. The molecular formula is C15H20N2O3. The molecule has 2 heterocycles. The quantitative estimate of drug-likeness (QED) is 0.827. The highest BCUT2D eigenvalue weighted by Gasteiger charge is 2.45. The van der Waals surface area contributed by atoms with Crippen LogP contribution in [0.2, 0.25) is 0 Å². The Morgan fingerprint density at radius 1 is 1.45 bits per heavy atom. The summed E-state index contributed by atoms with van der Waals surface area (Å²) < 4.78 is 11.0. The van der Waals surface area contributed by atoms with Crippen molar-refractivity contribution in [1.29, 1.82) is 0 Å². The summed E-state index contributed by atoms with van der Waals surface area (Å²) in [4.78, 5) is 11.7. The molecule has 1 aromatic rings. The summed E-state index contributed by atoms with van der Waals surface area (Å²) in [6, 6.07) is 5.76. The summed E-state index contributed by atoms with van der Waals surface area (Å²) in [7, 11) is 0. The largest absolute Gasteiger partial charge is 0.491 e. The van der Waals surface area contributed by atoms with Crippen molar-refractivity contribution in [3.8, 4) is 5.75 Å². The van der Waals surface area contributed by atoms with Crippen LogP contribution in [0.3, 0.4) is 0 Å². The van der Waals surface area contributed by atoms with Crippen LogP contribution in [0.15, 0.2) is 18.2 Å². The van der Waals surface area contributed by atoms with Crippen molar-refractivity contribution in [2.45, 2.75) is 38.3 Å². The van der Waals surface area contributed by atoms with Gasteiger partial charge in [0.15, 0.2) is 0 Å². The molecule has 0 saturated carbocycles. The molecule has 3 rings (SSSR count). The molecule has 1 aromatic carbocycles. The van der Waals surface area contributed by atoms with Gasteiger partial charge in [0.05, 0.1) is 5.54 Å². The second kappa shape index (κ2) is 4.38. The maximum atomic E-state index is 11.7. The van der Waals surface area contributed by atoms with Crippen LogP contribution in [0.4, 0.5) is 10.5 Å². The van der Waals surface area contributed by atoms with Gasteiger partial charge >= 0.3 is 6.09 Å². The van der Waals surface area contributed by atoms with Crippen LogP contribution >= 0.6 is 0 Å². The van der Waals surface area contributed by atoms with Gasteiger partial charge in [-0.15, -0.1) is 0 Å². The van der Waals surface area contributed by atoms with Crippen molar-refractivity contribution in [3.63, 3.8) is 0 Å². The Balaban J connectivity index is 1.72. The minimum absolute atomic E-state index is 0.000216. The summed E-state index contributed by atoms with van der Waals surface area (Å²) in [5, 5.41) is 6.16. The molecule has 2 aliphatic rings. The fraction of sp³-hybridized carbons (Fsp3) is 0.533. The molecule has 0 aliphatic carbocycles.